The number of alkyl halides is 8. The quantitative estimate of drug-likeness (QED) is 0.277. The van der Waals surface area contributed by atoms with Gasteiger partial charge in [0, 0.05) is 31.0 Å². The molecule has 3 rings (SSSR count). The molecular formula is C26H29F8N5O4. The smallest absolute Gasteiger partial charge is 0.351 e. The van der Waals surface area contributed by atoms with E-state index in [9.17, 15) is 49.5 Å². The van der Waals surface area contributed by atoms with Crippen LogP contribution in [0, 0.1) is 5.92 Å². The standard InChI is InChI=1S/C26H29F8N5O4/c1-2-14-13-36-43-21(14)23(42)39-20(15-3-7-24(27,28)8-4-15)22(41)38-18-11-16(6-10-35-18)17(12-26(32,33)34)37-19(40)5-9-25(29,30)31/h6,10-11,13,15,17,20H,2-5,7-9,12H2,1H3,(H,37,40)(H,39,42)(H,35,38,41)/t17?,20-/m0/s1. The molecule has 0 radical (unpaired) electrons. The van der Waals surface area contributed by atoms with Gasteiger partial charge in [0.2, 0.25) is 23.5 Å². The van der Waals surface area contributed by atoms with E-state index in [4.69, 9.17) is 4.52 Å². The van der Waals surface area contributed by atoms with Crippen LogP contribution < -0.4 is 16.0 Å². The van der Waals surface area contributed by atoms with Crippen LogP contribution in [0.25, 0.3) is 0 Å². The maximum absolute atomic E-state index is 13.8. The number of halogens is 8. The molecule has 3 amide bonds. The van der Waals surface area contributed by atoms with E-state index in [0.29, 0.717) is 12.0 Å². The zero-order valence-electron chi connectivity index (χ0n) is 22.7. The number of aryl methyl sites for hydroxylation is 1. The third-order valence-corrected chi connectivity index (χ3v) is 6.88. The minimum Gasteiger partial charge on any atom is -0.351 e. The first kappa shape index (κ1) is 33.7. The van der Waals surface area contributed by atoms with Crippen LogP contribution in [-0.2, 0) is 16.0 Å². The van der Waals surface area contributed by atoms with E-state index in [2.05, 4.69) is 20.8 Å². The van der Waals surface area contributed by atoms with E-state index in [0.717, 1.165) is 18.3 Å². The largest absolute Gasteiger partial charge is 0.391 e. The molecular weight excluding hydrogens is 598 g/mol. The van der Waals surface area contributed by atoms with E-state index in [1.165, 1.54) is 6.20 Å². The number of hydrogen-bond donors (Lipinski definition) is 3. The van der Waals surface area contributed by atoms with Crippen molar-refractivity contribution in [3.05, 3.63) is 41.4 Å². The van der Waals surface area contributed by atoms with Crippen molar-refractivity contribution in [1.29, 1.82) is 0 Å². The summed E-state index contributed by atoms with van der Waals surface area (Å²) in [5, 5.41) is 10.3. The second kappa shape index (κ2) is 13.7. The van der Waals surface area contributed by atoms with E-state index >= 15 is 0 Å². The number of anilines is 1. The van der Waals surface area contributed by atoms with Crippen molar-refractivity contribution in [2.45, 2.75) is 88.6 Å². The molecule has 2 atom stereocenters. The highest BCUT2D eigenvalue weighted by Crippen LogP contribution is 2.38. The third kappa shape index (κ3) is 10.5. The van der Waals surface area contributed by atoms with Gasteiger partial charge in [0.15, 0.2) is 0 Å². The Morgan fingerprint density at radius 3 is 2.35 bits per heavy atom. The monoisotopic (exact) mass is 627 g/mol. The van der Waals surface area contributed by atoms with Crippen LogP contribution in [0.1, 0.15) is 79.6 Å². The summed E-state index contributed by atoms with van der Waals surface area (Å²) < 4.78 is 110. The van der Waals surface area contributed by atoms with Gasteiger partial charge in [-0.15, -0.1) is 0 Å². The Morgan fingerprint density at radius 1 is 1.07 bits per heavy atom. The van der Waals surface area contributed by atoms with Gasteiger partial charge in [0.05, 0.1) is 25.1 Å². The second-order valence-electron chi connectivity index (χ2n) is 10.2. The highest BCUT2D eigenvalue weighted by Gasteiger charge is 2.41. The van der Waals surface area contributed by atoms with Gasteiger partial charge in [-0.2, -0.15) is 26.3 Å². The van der Waals surface area contributed by atoms with Crippen molar-refractivity contribution in [3.8, 4) is 0 Å². The molecule has 1 aliphatic carbocycles. The average Bonchev–Trinajstić information content (AvgIpc) is 3.39. The van der Waals surface area contributed by atoms with Crippen molar-refractivity contribution < 1.29 is 54.0 Å². The first-order chi connectivity index (χ1) is 20.0. The third-order valence-electron chi connectivity index (χ3n) is 6.88. The van der Waals surface area contributed by atoms with Gasteiger partial charge >= 0.3 is 12.4 Å². The summed E-state index contributed by atoms with van der Waals surface area (Å²) in [6, 6.07) is -1.13. The Labute approximate surface area is 240 Å². The van der Waals surface area contributed by atoms with E-state index in [-0.39, 0.29) is 30.0 Å². The maximum Gasteiger partial charge on any atom is 0.391 e. The molecule has 2 aromatic heterocycles. The Morgan fingerprint density at radius 2 is 1.74 bits per heavy atom. The predicted molar refractivity (Wildman–Crippen MR) is 134 cm³/mol. The first-order valence-electron chi connectivity index (χ1n) is 13.3. The molecule has 17 heteroatoms. The van der Waals surface area contributed by atoms with Crippen LogP contribution >= 0.6 is 0 Å². The van der Waals surface area contributed by atoms with Gasteiger partial charge in [-0.1, -0.05) is 12.1 Å². The molecule has 2 heterocycles. The van der Waals surface area contributed by atoms with Crippen LogP contribution in [0.15, 0.2) is 29.0 Å². The van der Waals surface area contributed by atoms with E-state index in [1.54, 1.807) is 6.92 Å². The SMILES string of the molecule is CCc1cnoc1C(=O)N[C@H](C(=O)Nc1cc(C(CC(F)(F)F)NC(=O)CCC(F)(F)F)ccn1)C1CCC(F)(F)CC1. The van der Waals surface area contributed by atoms with Gasteiger partial charge in [0.25, 0.3) is 5.91 Å². The molecule has 1 saturated carbocycles. The van der Waals surface area contributed by atoms with Crippen LogP contribution in [0.4, 0.5) is 40.9 Å². The van der Waals surface area contributed by atoms with Crippen LogP contribution in [0.3, 0.4) is 0 Å². The molecule has 0 bridgehead atoms. The number of pyridine rings is 1. The summed E-state index contributed by atoms with van der Waals surface area (Å²) >= 11 is 0. The lowest BCUT2D eigenvalue weighted by Crippen LogP contribution is -2.50. The molecule has 1 unspecified atom stereocenters. The Kier molecular flexibility index (Phi) is 10.7. The number of carbonyl (C=O) groups is 3. The maximum atomic E-state index is 13.8. The van der Waals surface area contributed by atoms with Gasteiger partial charge in [-0.05, 0) is 42.9 Å². The number of hydrogen-bond acceptors (Lipinski definition) is 6. The topological polar surface area (TPSA) is 126 Å². The molecule has 1 aliphatic rings. The number of nitrogens with zero attached hydrogens (tertiary/aromatic N) is 2. The zero-order valence-corrected chi connectivity index (χ0v) is 22.7. The fourth-order valence-corrected chi connectivity index (χ4v) is 4.64. The minimum absolute atomic E-state index is 0.131. The van der Waals surface area contributed by atoms with Crippen molar-refractivity contribution >= 4 is 23.5 Å². The summed E-state index contributed by atoms with van der Waals surface area (Å²) in [7, 11) is 0. The molecule has 43 heavy (non-hydrogen) atoms. The molecule has 0 spiro atoms. The molecule has 238 valence electrons. The van der Waals surface area contributed by atoms with Crippen LogP contribution in [0.5, 0.6) is 0 Å². The molecule has 0 aromatic carbocycles. The number of carbonyl (C=O) groups excluding carboxylic acids is 3. The lowest BCUT2D eigenvalue weighted by molar-refractivity contribution is -0.149. The fourth-order valence-electron chi connectivity index (χ4n) is 4.64. The lowest BCUT2D eigenvalue weighted by Gasteiger charge is -2.33. The fraction of sp³-hybridized carbons (Fsp3) is 0.577. The average molecular weight is 628 g/mol. The van der Waals surface area contributed by atoms with Crippen molar-refractivity contribution in [1.82, 2.24) is 20.8 Å². The zero-order chi connectivity index (χ0) is 32.0. The number of aromatic nitrogens is 2. The molecule has 9 nitrogen and oxygen atoms in total. The first-order valence-corrected chi connectivity index (χ1v) is 13.3. The second-order valence-corrected chi connectivity index (χ2v) is 10.2. The highest BCUT2D eigenvalue weighted by atomic mass is 19.4. The van der Waals surface area contributed by atoms with E-state index in [1.807, 2.05) is 5.32 Å². The minimum atomic E-state index is -4.83. The van der Waals surface area contributed by atoms with Crippen molar-refractivity contribution in [3.63, 3.8) is 0 Å². The number of amides is 3. The summed E-state index contributed by atoms with van der Waals surface area (Å²) in [6.07, 6.45) is -12.5. The van der Waals surface area contributed by atoms with Gasteiger partial charge in [0.1, 0.15) is 11.9 Å². The number of rotatable bonds is 11. The Bertz CT molecular complexity index is 1270. The van der Waals surface area contributed by atoms with Gasteiger partial charge in [-0.3, -0.25) is 14.4 Å². The normalized spacial score (nSPS) is 17.1. The molecule has 2 aromatic rings. The molecule has 3 N–H and O–H groups in total. The highest BCUT2D eigenvalue weighted by molar-refractivity contribution is 6.00. The summed E-state index contributed by atoms with van der Waals surface area (Å²) in [6.45, 7) is 1.72. The van der Waals surface area contributed by atoms with Crippen LogP contribution in [-0.4, -0.2) is 52.2 Å². The molecule has 0 aliphatic heterocycles. The van der Waals surface area contributed by atoms with Gasteiger partial charge in [-0.25, -0.2) is 13.8 Å². The van der Waals surface area contributed by atoms with Crippen molar-refractivity contribution in [2.75, 3.05) is 5.32 Å². The number of nitrogens with one attached hydrogen (secondary N) is 3. The van der Waals surface area contributed by atoms with Gasteiger partial charge < -0.3 is 20.5 Å². The summed E-state index contributed by atoms with van der Waals surface area (Å²) in [5.41, 5.74) is 0.198. The van der Waals surface area contributed by atoms with Crippen molar-refractivity contribution in [2.24, 2.45) is 5.92 Å². The molecule has 0 saturated heterocycles. The predicted octanol–water partition coefficient (Wildman–Crippen LogP) is 5.65. The summed E-state index contributed by atoms with van der Waals surface area (Å²) in [5.74, 6) is -7.20. The lowest BCUT2D eigenvalue weighted by atomic mass is 9.81. The Hall–Kier alpha value is -3.79. The van der Waals surface area contributed by atoms with E-state index < -0.39 is 86.1 Å². The van der Waals surface area contributed by atoms with Crippen LogP contribution in [0.2, 0.25) is 0 Å². The Balaban J connectivity index is 1.82. The summed E-state index contributed by atoms with van der Waals surface area (Å²) in [4.78, 5) is 42.1. The molecule has 1 fully saturated rings.